The zero-order valence-corrected chi connectivity index (χ0v) is 24.0. The molecule has 5 amide bonds. The van der Waals surface area contributed by atoms with Crippen LogP contribution < -0.4 is 38.5 Å². The number of carboxylic acid groups (broad SMARTS) is 2. The molecule has 246 valence electrons. The monoisotopic (exact) mass is 627 g/mol. The number of nitrogens with one attached hydrogen (secondary N) is 5. The molecular formula is C25H41N9O10. The number of H-pyrrole nitrogens is 1. The van der Waals surface area contributed by atoms with Crippen molar-refractivity contribution < 1.29 is 48.9 Å². The number of aromatic nitrogens is 2. The topological polar surface area (TPSA) is 335 Å². The van der Waals surface area contributed by atoms with Crippen molar-refractivity contribution in [1.82, 2.24) is 31.2 Å². The molecule has 19 heteroatoms. The standard InChI is InChI=1S/C25H41N9O10/c26-8-2-1-3-14(27)21(39)34-18(11-35)24(42)33-17(9-13-10-29-12-30-13)23(41)31-15(4-6-19(28)36)22(40)32-16(25(43)44)5-7-20(37)38/h10,12,14-18,35H,1-9,11,26-27H2,(H2,28,36)(H,29,30)(H,31,41)(H,32,40)(H,33,42)(H,34,39)(H,37,38)(H,43,44)/t14-,15-,16-,17-,18-/m0/s1. The van der Waals surface area contributed by atoms with Crippen LogP contribution in [0.25, 0.3) is 0 Å². The molecule has 0 saturated heterocycles. The van der Waals surface area contributed by atoms with Crippen LogP contribution >= 0.6 is 0 Å². The number of aliphatic hydroxyl groups is 1. The van der Waals surface area contributed by atoms with Crippen LogP contribution in [0.5, 0.6) is 0 Å². The number of hydrogen-bond acceptors (Lipinski definition) is 11. The van der Waals surface area contributed by atoms with Crippen molar-refractivity contribution >= 4 is 41.5 Å². The molecule has 0 unspecified atom stereocenters. The molecule has 0 saturated carbocycles. The lowest BCUT2D eigenvalue weighted by atomic mass is 10.1. The van der Waals surface area contributed by atoms with Gasteiger partial charge in [-0.3, -0.25) is 28.8 Å². The molecule has 0 spiro atoms. The van der Waals surface area contributed by atoms with E-state index >= 15 is 0 Å². The molecule has 5 atom stereocenters. The smallest absolute Gasteiger partial charge is 0.326 e. The van der Waals surface area contributed by atoms with Crippen molar-refractivity contribution in [3.8, 4) is 0 Å². The summed E-state index contributed by atoms with van der Waals surface area (Å²) >= 11 is 0. The van der Waals surface area contributed by atoms with Crippen LogP contribution in [0.2, 0.25) is 0 Å². The Hall–Kier alpha value is -4.62. The highest BCUT2D eigenvalue weighted by Gasteiger charge is 2.32. The minimum absolute atomic E-state index is 0.206. The molecule has 0 bridgehead atoms. The lowest BCUT2D eigenvalue weighted by Gasteiger charge is -2.25. The molecule has 1 heterocycles. The third-order valence-electron chi connectivity index (χ3n) is 6.31. The first-order valence-corrected chi connectivity index (χ1v) is 13.8. The Bertz CT molecular complexity index is 1130. The van der Waals surface area contributed by atoms with E-state index in [4.69, 9.17) is 22.3 Å². The van der Waals surface area contributed by atoms with Crippen LogP contribution in [-0.2, 0) is 40.0 Å². The van der Waals surface area contributed by atoms with Crippen LogP contribution in [0.3, 0.4) is 0 Å². The van der Waals surface area contributed by atoms with Crippen molar-refractivity contribution in [3.05, 3.63) is 18.2 Å². The summed E-state index contributed by atoms with van der Waals surface area (Å²) in [5, 5.41) is 37.2. The first-order chi connectivity index (χ1) is 20.8. The van der Waals surface area contributed by atoms with Gasteiger partial charge in [0.2, 0.25) is 29.5 Å². The lowest BCUT2D eigenvalue weighted by Crippen LogP contribution is -2.59. The first-order valence-electron chi connectivity index (χ1n) is 13.8. The minimum atomic E-state index is -1.62. The number of amides is 5. The van der Waals surface area contributed by atoms with Crippen LogP contribution in [-0.4, -0.2) is 110 Å². The number of imidazole rings is 1. The second-order valence-corrected chi connectivity index (χ2v) is 9.87. The average Bonchev–Trinajstić information content (AvgIpc) is 3.48. The summed E-state index contributed by atoms with van der Waals surface area (Å²) in [6.45, 7) is -0.437. The Morgan fingerprint density at radius 1 is 0.795 bits per heavy atom. The summed E-state index contributed by atoms with van der Waals surface area (Å²) in [4.78, 5) is 92.2. The number of nitrogens with zero attached hydrogens (tertiary/aromatic N) is 1. The maximum Gasteiger partial charge on any atom is 0.326 e. The summed E-state index contributed by atoms with van der Waals surface area (Å²) in [5.41, 5.74) is 16.8. The van der Waals surface area contributed by atoms with Crippen LogP contribution in [0.15, 0.2) is 12.5 Å². The normalized spacial score (nSPS) is 14.2. The molecule has 1 rings (SSSR count). The van der Waals surface area contributed by atoms with E-state index in [0.717, 1.165) is 0 Å². The van der Waals surface area contributed by atoms with Gasteiger partial charge >= 0.3 is 11.9 Å². The zero-order valence-electron chi connectivity index (χ0n) is 24.0. The van der Waals surface area contributed by atoms with E-state index in [1.807, 2.05) is 0 Å². The van der Waals surface area contributed by atoms with E-state index in [0.29, 0.717) is 25.1 Å². The molecule has 0 aliphatic carbocycles. The molecule has 19 nitrogen and oxygen atoms in total. The van der Waals surface area contributed by atoms with Crippen molar-refractivity contribution in [2.45, 2.75) is 81.6 Å². The number of hydrogen-bond donors (Lipinski definition) is 11. The summed E-state index contributed by atoms with van der Waals surface area (Å²) in [5.74, 6) is -7.35. The number of aliphatic carboxylic acids is 2. The third kappa shape index (κ3) is 14.0. The highest BCUT2D eigenvalue weighted by atomic mass is 16.4. The Morgan fingerprint density at radius 2 is 1.36 bits per heavy atom. The number of aromatic amines is 1. The summed E-state index contributed by atoms with van der Waals surface area (Å²) in [6.07, 6.45) is 2.14. The quantitative estimate of drug-likeness (QED) is 0.0541. The maximum atomic E-state index is 13.4. The molecule has 1 aromatic heterocycles. The predicted octanol–water partition coefficient (Wildman–Crippen LogP) is -4.45. The van der Waals surface area contributed by atoms with Gasteiger partial charge in [-0.1, -0.05) is 6.42 Å². The number of carbonyl (C=O) groups is 7. The van der Waals surface area contributed by atoms with E-state index in [9.17, 15) is 43.8 Å². The van der Waals surface area contributed by atoms with Crippen LogP contribution in [0.1, 0.15) is 50.6 Å². The predicted molar refractivity (Wildman–Crippen MR) is 151 cm³/mol. The van der Waals surface area contributed by atoms with Crippen molar-refractivity contribution in [2.75, 3.05) is 13.2 Å². The summed E-state index contributed by atoms with van der Waals surface area (Å²) in [7, 11) is 0. The van der Waals surface area contributed by atoms with Crippen LogP contribution in [0.4, 0.5) is 0 Å². The number of aliphatic hydroxyl groups excluding tert-OH is 1. The SMILES string of the molecule is NCCCC[C@H](N)C(=O)N[C@@H](CO)C(=O)N[C@@H](Cc1cnc[nH]1)C(=O)N[C@@H](CCC(N)=O)C(=O)N[C@@H](CCC(=O)O)C(=O)O. The fourth-order valence-corrected chi connectivity index (χ4v) is 3.84. The van der Waals surface area contributed by atoms with Gasteiger partial charge in [0.05, 0.1) is 19.0 Å². The number of carboxylic acids is 2. The van der Waals surface area contributed by atoms with Gasteiger partial charge in [-0.15, -0.1) is 0 Å². The fourth-order valence-electron chi connectivity index (χ4n) is 3.84. The molecule has 0 aromatic carbocycles. The van der Waals surface area contributed by atoms with E-state index in [1.54, 1.807) is 0 Å². The van der Waals surface area contributed by atoms with Crippen LogP contribution in [0, 0.1) is 0 Å². The van der Waals surface area contributed by atoms with E-state index in [2.05, 4.69) is 31.2 Å². The Labute approximate surface area is 252 Å². The Morgan fingerprint density at radius 3 is 1.91 bits per heavy atom. The molecule has 44 heavy (non-hydrogen) atoms. The molecule has 14 N–H and O–H groups in total. The van der Waals surface area contributed by atoms with Crippen molar-refractivity contribution in [2.24, 2.45) is 17.2 Å². The van der Waals surface area contributed by atoms with Gasteiger partial charge in [0, 0.05) is 31.2 Å². The van der Waals surface area contributed by atoms with Gasteiger partial charge in [-0.05, 0) is 32.2 Å². The first kappa shape index (κ1) is 37.4. The van der Waals surface area contributed by atoms with Gasteiger partial charge in [-0.2, -0.15) is 0 Å². The van der Waals surface area contributed by atoms with Crippen molar-refractivity contribution in [3.63, 3.8) is 0 Å². The fraction of sp³-hybridized carbons (Fsp3) is 0.600. The molecular weight excluding hydrogens is 586 g/mol. The van der Waals surface area contributed by atoms with E-state index < -0.39 is 97.6 Å². The number of unbranched alkanes of at least 4 members (excludes halogenated alkanes) is 1. The molecule has 1 aromatic rings. The number of primary amides is 1. The highest BCUT2D eigenvalue weighted by molar-refractivity contribution is 5.95. The summed E-state index contributed by atoms with van der Waals surface area (Å²) in [6, 6.07) is -7.06. The molecule has 0 aliphatic heterocycles. The second kappa shape index (κ2) is 19.5. The average molecular weight is 628 g/mol. The number of rotatable bonds is 22. The van der Waals surface area contributed by atoms with Gasteiger partial charge in [0.15, 0.2) is 0 Å². The highest BCUT2D eigenvalue weighted by Crippen LogP contribution is 2.06. The molecule has 0 aliphatic rings. The van der Waals surface area contributed by atoms with Gasteiger partial charge < -0.3 is 58.8 Å². The number of carbonyl (C=O) groups excluding carboxylic acids is 5. The minimum Gasteiger partial charge on any atom is -0.481 e. The largest absolute Gasteiger partial charge is 0.481 e. The van der Waals surface area contributed by atoms with Crippen molar-refractivity contribution in [1.29, 1.82) is 0 Å². The van der Waals surface area contributed by atoms with Gasteiger partial charge in [0.25, 0.3) is 0 Å². The van der Waals surface area contributed by atoms with E-state index in [-0.39, 0.29) is 19.3 Å². The Kier molecular flexibility index (Phi) is 16.6. The number of nitrogens with two attached hydrogens (primary N) is 3. The molecule has 0 radical (unpaired) electrons. The van der Waals surface area contributed by atoms with E-state index in [1.165, 1.54) is 12.5 Å². The maximum absolute atomic E-state index is 13.4. The van der Waals surface area contributed by atoms with Gasteiger partial charge in [-0.25, -0.2) is 9.78 Å². The zero-order chi connectivity index (χ0) is 33.2. The summed E-state index contributed by atoms with van der Waals surface area (Å²) < 4.78 is 0. The second-order valence-electron chi connectivity index (χ2n) is 9.87. The third-order valence-corrected chi connectivity index (χ3v) is 6.31. The van der Waals surface area contributed by atoms with Gasteiger partial charge in [0.1, 0.15) is 24.2 Å². The lowest BCUT2D eigenvalue weighted by molar-refractivity contribution is -0.143. The Balaban J connectivity index is 3.11. The molecule has 0 fully saturated rings.